The van der Waals surface area contributed by atoms with E-state index in [1.807, 2.05) is 0 Å². The van der Waals surface area contributed by atoms with Crippen molar-refractivity contribution in [1.29, 1.82) is 0 Å². The predicted molar refractivity (Wildman–Crippen MR) is 36.0 cm³/mol. The number of hydrogen-bond donors (Lipinski definition) is 6. The summed E-state index contributed by atoms with van der Waals surface area (Å²) in [4.78, 5) is 29.3. The van der Waals surface area contributed by atoms with Crippen LogP contribution in [0.4, 0.5) is 0 Å². The average Bonchev–Trinajstić information content (AvgIpc) is 1.12. The maximum absolute atomic E-state index is 8.74. The van der Waals surface area contributed by atoms with Crippen LogP contribution in [0.25, 0.3) is 0 Å². The van der Waals surface area contributed by atoms with Crippen molar-refractivity contribution in [3.8, 4) is 0 Å². The third-order valence-corrected chi connectivity index (χ3v) is 0. The molecule has 0 bridgehead atoms. The van der Waals surface area contributed by atoms with Crippen molar-refractivity contribution in [3.63, 3.8) is 0 Å². The Kier molecular flexibility index (Phi) is 10.5. The fraction of sp³-hybridized carbons (Fsp3) is 0. The zero-order chi connectivity index (χ0) is 9.00. The molecule has 0 aliphatic rings. The van der Waals surface area contributed by atoms with Gasteiger partial charge in [-0.1, -0.05) is 0 Å². The summed E-state index contributed by atoms with van der Waals surface area (Å²) in [5.41, 5.74) is 0. The van der Waals surface area contributed by atoms with Gasteiger partial charge < -0.3 is 19.2 Å². The van der Waals surface area contributed by atoms with E-state index in [2.05, 4.69) is 0 Å². The first-order valence-corrected chi connectivity index (χ1v) is 4.78. The summed E-state index contributed by atoms with van der Waals surface area (Å²) in [5, 5.41) is 0. The molecule has 0 aromatic rings. The molecular weight excluding hydrogens is 211 g/mol. The molecule has 0 atom stereocenters. The van der Waals surface area contributed by atoms with Crippen LogP contribution in [0.3, 0.4) is 0 Å². The van der Waals surface area contributed by atoms with Crippen LogP contribution in [0, 0.1) is 0 Å². The molecule has 11 heteroatoms. The van der Waals surface area contributed by atoms with Gasteiger partial charge in [-0.2, -0.15) is 8.42 Å². The van der Waals surface area contributed by atoms with E-state index in [9.17, 15) is 0 Å². The normalized spacial score (nSPS) is 10.7. The quantitative estimate of drug-likeness (QED) is 0.178. The van der Waals surface area contributed by atoms with Gasteiger partial charge in [-0.05, 0) is 0 Å². The van der Waals surface area contributed by atoms with E-state index in [1.165, 1.54) is 0 Å². The zero-order valence-corrected chi connectivity index (χ0v) is 6.22. The first kappa shape index (κ1) is 17.9. The van der Waals surface area contributed by atoms with Gasteiger partial charge in [0.15, 0.2) is 0 Å². The van der Waals surface area contributed by atoms with Crippen LogP contribution in [-0.4, -0.2) is 75.3 Å². The predicted octanol–water partition coefficient (Wildman–Crippen LogP) is -3.91. The molecule has 0 spiro atoms. The van der Waals surface area contributed by atoms with Gasteiger partial charge in [-0.15, -0.1) is 0 Å². The summed E-state index contributed by atoms with van der Waals surface area (Å²) < 4.78 is 31.6. The van der Waals surface area contributed by atoms with E-state index in [0.717, 1.165) is 0 Å². The molecular formula is H7NaO8SSi. The molecule has 6 N–H and O–H groups in total. The van der Waals surface area contributed by atoms with Crippen LogP contribution in [0.15, 0.2) is 0 Å². The molecule has 0 amide bonds. The Balaban J connectivity index is -0.000000107. The van der Waals surface area contributed by atoms with Crippen LogP contribution >= 0.6 is 0 Å². The molecule has 66 valence electrons. The van der Waals surface area contributed by atoms with Crippen molar-refractivity contribution in [2.24, 2.45) is 0 Å². The summed E-state index contributed by atoms with van der Waals surface area (Å²) in [7, 11) is -9.28. The van der Waals surface area contributed by atoms with Crippen LogP contribution in [0.2, 0.25) is 0 Å². The Morgan fingerprint density at radius 1 is 0.909 bits per heavy atom. The molecule has 0 aromatic carbocycles. The van der Waals surface area contributed by atoms with Crippen molar-refractivity contribution < 1.29 is 36.7 Å². The molecule has 0 unspecified atom stereocenters. The van der Waals surface area contributed by atoms with Crippen molar-refractivity contribution in [2.75, 3.05) is 0 Å². The Morgan fingerprint density at radius 2 is 0.909 bits per heavy atom. The monoisotopic (exact) mass is 218 g/mol. The zero-order valence-electron chi connectivity index (χ0n) is 4.41. The van der Waals surface area contributed by atoms with Crippen LogP contribution < -0.4 is 0 Å². The molecule has 0 saturated carbocycles. The van der Waals surface area contributed by atoms with Gasteiger partial charge in [0.25, 0.3) is 0 Å². The summed E-state index contributed by atoms with van der Waals surface area (Å²) in [6.45, 7) is 0. The van der Waals surface area contributed by atoms with Gasteiger partial charge in [0.1, 0.15) is 0 Å². The van der Waals surface area contributed by atoms with Gasteiger partial charge in [0, 0.05) is 0 Å². The van der Waals surface area contributed by atoms with Gasteiger partial charge in [0.05, 0.1) is 0 Å². The standard InChI is InChI=1S/Na.H2O4S.H4O4Si.H/c;2*1-5(2,3)4;/h;(H2,1,2,3,4);1-4H;. The molecule has 0 aliphatic heterocycles. The summed E-state index contributed by atoms with van der Waals surface area (Å²) >= 11 is 0. The molecule has 11 heavy (non-hydrogen) atoms. The van der Waals surface area contributed by atoms with Crippen molar-refractivity contribution in [1.82, 2.24) is 0 Å². The number of rotatable bonds is 0. The van der Waals surface area contributed by atoms with Crippen molar-refractivity contribution in [2.45, 2.75) is 0 Å². The molecule has 0 saturated heterocycles. The molecule has 0 radical (unpaired) electrons. The maximum atomic E-state index is 8.74. The van der Waals surface area contributed by atoms with Gasteiger partial charge >= 0.3 is 49.0 Å². The van der Waals surface area contributed by atoms with E-state index in [0.29, 0.717) is 0 Å². The molecule has 0 aromatic heterocycles. The van der Waals surface area contributed by atoms with Crippen LogP contribution in [-0.2, 0) is 10.4 Å². The molecule has 0 rings (SSSR count). The van der Waals surface area contributed by atoms with Crippen LogP contribution in [0.1, 0.15) is 0 Å². The number of hydrogen-bond acceptors (Lipinski definition) is 6. The minimum atomic E-state index is -4.67. The van der Waals surface area contributed by atoms with Crippen molar-refractivity contribution >= 4 is 49.0 Å². The van der Waals surface area contributed by atoms with E-state index in [1.54, 1.807) is 0 Å². The second-order valence-electron chi connectivity index (χ2n) is 1.05. The topological polar surface area (TPSA) is 156 Å². The third kappa shape index (κ3) is 1010. The van der Waals surface area contributed by atoms with Gasteiger partial charge in [-0.3, -0.25) is 9.11 Å². The van der Waals surface area contributed by atoms with E-state index in [-0.39, 0.29) is 29.6 Å². The van der Waals surface area contributed by atoms with E-state index >= 15 is 0 Å². The first-order valence-electron chi connectivity index (χ1n) is 1.59. The fourth-order valence-corrected chi connectivity index (χ4v) is 0. The molecule has 0 heterocycles. The third-order valence-electron chi connectivity index (χ3n) is 0. The summed E-state index contributed by atoms with van der Waals surface area (Å²) in [6, 6.07) is 0. The molecule has 0 fully saturated rings. The molecule has 8 nitrogen and oxygen atoms in total. The van der Waals surface area contributed by atoms with Crippen molar-refractivity contribution in [3.05, 3.63) is 0 Å². The average molecular weight is 218 g/mol. The second-order valence-corrected chi connectivity index (χ2v) is 3.14. The van der Waals surface area contributed by atoms with E-state index < -0.39 is 19.4 Å². The van der Waals surface area contributed by atoms with Gasteiger partial charge in [0.2, 0.25) is 0 Å². The fourth-order valence-electron chi connectivity index (χ4n) is 0. The van der Waals surface area contributed by atoms with Crippen LogP contribution in [0.5, 0.6) is 0 Å². The SMILES string of the molecule is O=S(=O)(O)O.O[Si](O)(O)O.[NaH]. The van der Waals surface area contributed by atoms with E-state index in [4.69, 9.17) is 36.7 Å². The summed E-state index contributed by atoms with van der Waals surface area (Å²) in [6.07, 6.45) is 0. The molecule has 0 aliphatic carbocycles. The second kappa shape index (κ2) is 6.44. The summed E-state index contributed by atoms with van der Waals surface area (Å²) in [5.74, 6) is 0. The Hall–Kier alpha value is 0.927. The first-order chi connectivity index (χ1) is 4.00. The minimum absolute atomic E-state index is 0. The Bertz CT molecular complexity index is 149. The van der Waals surface area contributed by atoms with Gasteiger partial charge in [-0.25, -0.2) is 0 Å². The Labute approximate surface area is 85.5 Å². The Morgan fingerprint density at radius 3 is 0.909 bits per heavy atom.